The summed E-state index contributed by atoms with van der Waals surface area (Å²) in [5.74, 6) is 2.86. The minimum atomic E-state index is 0.123. The Labute approximate surface area is 145 Å². The number of rotatable bonds is 8. The van der Waals surface area contributed by atoms with Crippen molar-refractivity contribution in [2.75, 3.05) is 0 Å². The summed E-state index contributed by atoms with van der Waals surface area (Å²) < 4.78 is 5.27. The zero-order chi connectivity index (χ0) is 17.7. The van der Waals surface area contributed by atoms with Gasteiger partial charge in [0.25, 0.3) is 6.47 Å². The van der Waals surface area contributed by atoms with Crippen LogP contribution in [0.4, 0.5) is 0 Å². The summed E-state index contributed by atoms with van der Waals surface area (Å²) in [6.45, 7) is 13.9. The first-order valence-corrected chi connectivity index (χ1v) is 9.84. The van der Waals surface area contributed by atoms with Gasteiger partial charge in [-0.05, 0) is 55.8 Å². The smallest absolute Gasteiger partial charge is 0.293 e. The fraction of sp³-hybridized carbons (Fsp3) is 0.857. The summed E-state index contributed by atoms with van der Waals surface area (Å²) in [6, 6.07) is 0. The van der Waals surface area contributed by atoms with E-state index in [1.54, 1.807) is 0 Å². The zero-order valence-electron chi connectivity index (χ0n) is 16.4. The highest BCUT2D eigenvalue weighted by Gasteiger charge is 2.23. The van der Waals surface area contributed by atoms with E-state index in [0.29, 0.717) is 18.3 Å². The second-order valence-corrected chi connectivity index (χ2v) is 7.13. The zero-order valence-corrected chi connectivity index (χ0v) is 16.4. The van der Waals surface area contributed by atoms with Gasteiger partial charge in [-0.3, -0.25) is 4.79 Å². The third-order valence-corrected chi connectivity index (χ3v) is 4.95. The molecular weight excluding hydrogens is 284 g/mol. The second-order valence-electron chi connectivity index (χ2n) is 7.13. The Bertz CT molecular complexity index is 311. The lowest BCUT2D eigenvalue weighted by atomic mass is 9.77. The summed E-state index contributed by atoms with van der Waals surface area (Å²) in [6.07, 6.45) is 13.0. The maximum Gasteiger partial charge on any atom is 0.293 e. The highest BCUT2D eigenvalue weighted by molar-refractivity contribution is 5.37. The molecule has 1 aliphatic carbocycles. The molecule has 0 spiro atoms. The molecule has 0 aliphatic heterocycles. The van der Waals surface area contributed by atoms with E-state index in [1.165, 1.54) is 19.3 Å². The molecule has 0 amide bonds. The Kier molecular flexibility index (Phi) is 13.2. The van der Waals surface area contributed by atoms with E-state index >= 15 is 0 Å². The van der Waals surface area contributed by atoms with Gasteiger partial charge in [-0.15, -0.1) is 0 Å². The molecule has 23 heavy (non-hydrogen) atoms. The third kappa shape index (κ3) is 9.84. The monoisotopic (exact) mass is 324 g/mol. The predicted molar refractivity (Wildman–Crippen MR) is 100 cm³/mol. The summed E-state index contributed by atoms with van der Waals surface area (Å²) in [5, 5.41) is 0. The first-order chi connectivity index (χ1) is 11.1. The standard InChI is InChI=1S/C19H34O2.C2H6/c1-5-6-7-19(21-14-20)11-10-18-13-16(3)12-15(2)8-9-17(18)4;1-2/h8-9,14-19H,5-7,10-13H2,1-4H3;1-2H3/t15-,16-,17?,18?,19+;/m1./s1. The third-order valence-electron chi connectivity index (χ3n) is 4.95. The van der Waals surface area contributed by atoms with E-state index in [4.69, 9.17) is 4.74 Å². The Morgan fingerprint density at radius 1 is 1.13 bits per heavy atom. The average Bonchev–Trinajstić information content (AvgIpc) is 2.54. The van der Waals surface area contributed by atoms with Crippen molar-refractivity contribution in [2.45, 2.75) is 92.6 Å². The Morgan fingerprint density at radius 3 is 2.43 bits per heavy atom. The lowest BCUT2D eigenvalue weighted by molar-refractivity contribution is -0.134. The van der Waals surface area contributed by atoms with Crippen LogP contribution in [0.25, 0.3) is 0 Å². The molecule has 1 rings (SSSR count). The molecule has 0 N–H and O–H groups in total. The van der Waals surface area contributed by atoms with Gasteiger partial charge in [0.1, 0.15) is 6.10 Å². The van der Waals surface area contributed by atoms with Crippen molar-refractivity contribution in [3.63, 3.8) is 0 Å². The Hall–Kier alpha value is -0.790. The van der Waals surface area contributed by atoms with Crippen molar-refractivity contribution in [1.82, 2.24) is 0 Å². The molecule has 136 valence electrons. The highest BCUT2D eigenvalue weighted by atomic mass is 16.5. The summed E-state index contributed by atoms with van der Waals surface area (Å²) in [7, 11) is 0. The molecule has 0 saturated carbocycles. The molecule has 0 aromatic carbocycles. The highest BCUT2D eigenvalue weighted by Crippen LogP contribution is 2.33. The molecule has 0 heterocycles. The SMILES string of the molecule is CC.CCCC[C@@H](CCC1C[C@H](C)C[C@H](C)C=CC1C)OC=O. The molecule has 0 radical (unpaired) electrons. The number of hydrogen-bond donors (Lipinski definition) is 0. The first-order valence-electron chi connectivity index (χ1n) is 9.84. The van der Waals surface area contributed by atoms with Gasteiger partial charge < -0.3 is 4.74 Å². The van der Waals surface area contributed by atoms with Crippen LogP contribution in [0, 0.1) is 23.7 Å². The summed E-state index contributed by atoms with van der Waals surface area (Å²) in [4.78, 5) is 10.6. The van der Waals surface area contributed by atoms with Gasteiger partial charge in [0, 0.05) is 0 Å². The normalized spacial score (nSPS) is 28.8. The van der Waals surface area contributed by atoms with Crippen LogP contribution in [0.2, 0.25) is 0 Å². The molecule has 2 unspecified atom stereocenters. The molecule has 5 atom stereocenters. The number of unbranched alkanes of at least 4 members (excludes halogenated alkanes) is 1. The maximum atomic E-state index is 10.6. The lowest BCUT2D eigenvalue weighted by Gasteiger charge is -2.29. The van der Waals surface area contributed by atoms with Gasteiger partial charge in [0.2, 0.25) is 0 Å². The number of carbonyl (C=O) groups excluding carboxylic acids is 1. The summed E-state index contributed by atoms with van der Waals surface area (Å²) in [5.41, 5.74) is 0. The van der Waals surface area contributed by atoms with Gasteiger partial charge in [0.05, 0.1) is 0 Å². The van der Waals surface area contributed by atoms with Crippen molar-refractivity contribution < 1.29 is 9.53 Å². The lowest BCUT2D eigenvalue weighted by Crippen LogP contribution is -2.21. The topological polar surface area (TPSA) is 26.3 Å². The Balaban J connectivity index is 0.00000232. The molecule has 0 aromatic heterocycles. The van der Waals surface area contributed by atoms with E-state index in [9.17, 15) is 4.79 Å². The molecule has 0 saturated heterocycles. The predicted octanol–water partition coefficient (Wildman–Crippen LogP) is 6.40. The van der Waals surface area contributed by atoms with E-state index in [0.717, 1.165) is 37.5 Å². The van der Waals surface area contributed by atoms with Crippen LogP contribution in [0.5, 0.6) is 0 Å². The van der Waals surface area contributed by atoms with Crippen molar-refractivity contribution in [3.8, 4) is 0 Å². The van der Waals surface area contributed by atoms with Gasteiger partial charge in [-0.25, -0.2) is 0 Å². The largest absolute Gasteiger partial charge is 0.465 e. The molecule has 2 heteroatoms. The fourth-order valence-electron chi connectivity index (χ4n) is 3.63. The molecule has 1 aliphatic rings. The molecular formula is C21H40O2. The van der Waals surface area contributed by atoms with Gasteiger partial charge in [0.15, 0.2) is 0 Å². The van der Waals surface area contributed by atoms with E-state index < -0.39 is 0 Å². The van der Waals surface area contributed by atoms with Crippen molar-refractivity contribution >= 4 is 6.47 Å². The van der Waals surface area contributed by atoms with Crippen LogP contribution >= 0.6 is 0 Å². The van der Waals surface area contributed by atoms with Crippen LogP contribution in [0.3, 0.4) is 0 Å². The number of carbonyl (C=O) groups is 1. The van der Waals surface area contributed by atoms with E-state index in [2.05, 4.69) is 39.8 Å². The van der Waals surface area contributed by atoms with Crippen molar-refractivity contribution in [1.29, 1.82) is 0 Å². The van der Waals surface area contributed by atoms with Crippen molar-refractivity contribution in [3.05, 3.63) is 12.2 Å². The maximum absolute atomic E-state index is 10.6. The molecule has 2 nitrogen and oxygen atoms in total. The van der Waals surface area contributed by atoms with Gasteiger partial charge in [-0.1, -0.05) is 66.5 Å². The van der Waals surface area contributed by atoms with Crippen LogP contribution < -0.4 is 0 Å². The molecule has 0 aromatic rings. The fourth-order valence-corrected chi connectivity index (χ4v) is 3.63. The summed E-state index contributed by atoms with van der Waals surface area (Å²) >= 11 is 0. The van der Waals surface area contributed by atoms with Crippen LogP contribution in [0.1, 0.15) is 86.5 Å². The van der Waals surface area contributed by atoms with Crippen LogP contribution in [-0.4, -0.2) is 12.6 Å². The van der Waals surface area contributed by atoms with Gasteiger partial charge in [-0.2, -0.15) is 0 Å². The van der Waals surface area contributed by atoms with E-state index in [1.807, 2.05) is 13.8 Å². The first kappa shape index (κ1) is 22.2. The van der Waals surface area contributed by atoms with Crippen LogP contribution in [0.15, 0.2) is 12.2 Å². The van der Waals surface area contributed by atoms with E-state index in [-0.39, 0.29) is 6.10 Å². The number of allylic oxidation sites excluding steroid dienone is 2. The molecule has 0 bridgehead atoms. The second kappa shape index (κ2) is 13.6. The minimum absolute atomic E-state index is 0.123. The minimum Gasteiger partial charge on any atom is -0.465 e. The quantitative estimate of drug-likeness (QED) is 0.381. The average molecular weight is 325 g/mol. The van der Waals surface area contributed by atoms with Crippen molar-refractivity contribution in [2.24, 2.45) is 23.7 Å². The Morgan fingerprint density at radius 2 is 1.83 bits per heavy atom. The molecule has 0 fully saturated rings. The number of hydrogen-bond acceptors (Lipinski definition) is 2. The number of ether oxygens (including phenoxy) is 1. The van der Waals surface area contributed by atoms with Crippen LogP contribution in [-0.2, 0) is 9.53 Å². The van der Waals surface area contributed by atoms with Gasteiger partial charge >= 0.3 is 0 Å².